The summed E-state index contributed by atoms with van der Waals surface area (Å²) in [6, 6.07) is 10.7. The summed E-state index contributed by atoms with van der Waals surface area (Å²) in [6.45, 7) is 6.27. The Labute approximate surface area is 186 Å². The number of nitrogens with zero attached hydrogens (tertiary/aromatic N) is 3. The van der Waals surface area contributed by atoms with Gasteiger partial charge < -0.3 is 19.3 Å². The molecule has 0 spiro atoms. The number of halogens is 1. The Morgan fingerprint density at radius 1 is 1.10 bits per heavy atom. The summed E-state index contributed by atoms with van der Waals surface area (Å²) in [5.74, 6) is 0.270. The normalized spacial score (nSPS) is 11.3. The van der Waals surface area contributed by atoms with Gasteiger partial charge >= 0.3 is 5.97 Å². The third-order valence-corrected chi connectivity index (χ3v) is 4.34. The van der Waals surface area contributed by atoms with Crippen molar-refractivity contribution in [3.8, 4) is 11.6 Å². The summed E-state index contributed by atoms with van der Waals surface area (Å²) in [5, 5.41) is 0. The molecule has 0 unspecified atom stereocenters. The van der Waals surface area contributed by atoms with Crippen LogP contribution >= 0.6 is 15.9 Å². The van der Waals surface area contributed by atoms with Crippen LogP contribution in [0.5, 0.6) is 11.6 Å². The molecule has 0 aliphatic heterocycles. The van der Waals surface area contributed by atoms with Crippen molar-refractivity contribution in [2.24, 2.45) is 0 Å². The average molecular weight is 478 g/mol. The van der Waals surface area contributed by atoms with Crippen molar-refractivity contribution in [3.05, 3.63) is 52.6 Å². The summed E-state index contributed by atoms with van der Waals surface area (Å²) in [4.78, 5) is 32.9. The molecule has 0 saturated carbocycles. The predicted molar refractivity (Wildman–Crippen MR) is 119 cm³/mol. The molecule has 0 fully saturated rings. The Bertz CT molecular complexity index is 863. The molecular formula is C22H28BrN3O4. The molecule has 7 nitrogen and oxygen atoms in total. The van der Waals surface area contributed by atoms with Gasteiger partial charge in [-0.25, -0.2) is 4.98 Å². The third-order valence-electron chi connectivity index (χ3n) is 3.85. The first-order valence-corrected chi connectivity index (χ1v) is 10.4. The first-order chi connectivity index (χ1) is 14.0. The van der Waals surface area contributed by atoms with Crippen molar-refractivity contribution in [1.29, 1.82) is 0 Å². The second kappa shape index (κ2) is 10.5. The molecule has 0 aliphatic carbocycles. The van der Waals surface area contributed by atoms with Crippen LogP contribution in [0.2, 0.25) is 0 Å². The van der Waals surface area contributed by atoms with Gasteiger partial charge in [0.1, 0.15) is 17.9 Å². The highest BCUT2D eigenvalue weighted by atomic mass is 79.9. The Kier molecular flexibility index (Phi) is 8.37. The average Bonchev–Trinajstić information content (AvgIpc) is 2.63. The maximum Gasteiger partial charge on any atom is 0.326 e. The lowest BCUT2D eigenvalue weighted by molar-refractivity contribution is -0.155. The van der Waals surface area contributed by atoms with Gasteiger partial charge in [0.2, 0.25) is 5.88 Å². The lowest BCUT2D eigenvalue weighted by Crippen LogP contribution is -2.42. The minimum atomic E-state index is -0.611. The smallest absolute Gasteiger partial charge is 0.326 e. The number of hydrogen-bond donors (Lipinski definition) is 0. The lowest BCUT2D eigenvalue weighted by atomic mass is 10.2. The van der Waals surface area contributed by atoms with E-state index in [9.17, 15) is 9.59 Å². The summed E-state index contributed by atoms with van der Waals surface area (Å²) >= 11 is 3.39. The number of pyridine rings is 1. The Hall–Kier alpha value is -2.45. The van der Waals surface area contributed by atoms with Gasteiger partial charge in [-0.05, 0) is 59.1 Å². The Balaban J connectivity index is 2.10. The van der Waals surface area contributed by atoms with Crippen molar-refractivity contribution in [2.75, 3.05) is 33.7 Å². The zero-order chi connectivity index (χ0) is 22.3. The van der Waals surface area contributed by atoms with Gasteiger partial charge in [-0.1, -0.05) is 22.0 Å². The van der Waals surface area contributed by atoms with E-state index in [-0.39, 0.29) is 12.5 Å². The van der Waals surface area contributed by atoms with Crippen LogP contribution in [0.4, 0.5) is 0 Å². The molecule has 2 aromatic rings. The van der Waals surface area contributed by atoms with Crippen LogP contribution in [0.3, 0.4) is 0 Å². The standard InChI is InChI=1S/C22H28BrN3O4/c1-22(2,3)30-20(27)15-26(12-11-25(4)5)21(28)16-9-10-19(24-14-16)29-18-8-6-7-17(23)13-18/h6-10,13-14H,11-12,15H2,1-5H3. The van der Waals surface area contributed by atoms with Gasteiger partial charge in [0, 0.05) is 29.8 Å². The van der Waals surface area contributed by atoms with E-state index in [1.54, 1.807) is 32.9 Å². The SMILES string of the molecule is CN(C)CCN(CC(=O)OC(C)(C)C)C(=O)c1ccc(Oc2cccc(Br)c2)nc1. The maximum absolute atomic E-state index is 13.0. The molecule has 2 rings (SSSR count). The maximum atomic E-state index is 13.0. The topological polar surface area (TPSA) is 72.0 Å². The number of ether oxygens (including phenoxy) is 2. The molecule has 30 heavy (non-hydrogen) atoms. The highest BCUT2D eigenvalue weighted by Gasteiger charge is 2.23. The molecule has 1 heterocycles. The van der Waals surface area contributed by atoms with Crippen LogP contribution in [-0.2, 0) is 9.53 Å². The second-order valence-electron chi connectivity index (χ2n) is 8.06. The Morgan fingerprint density at radius 2 is 1.83 bits per heavy atom. The fourth-order valence-electron chi connectivity index (χ4n) is 2.50. The number of rotatable bonds is 8. The number of likely N-dealkylation sites (N-methyl/N-ethyl adjacent to an activating group) is 1. The van der Waals surface area contributed by atoms with Crippen molar-refractivity contribution < 1.29 is 19.1 Å². The molecule has 0 saturated heterocycles. The Morgan fingerprint density at radius 3 is 2.40 bits per heavy atom. The van der Waals surface area contributed by atoms with E-state index in [1.165, 1.54) is 11.1 Å². The first kappa shape index (κ1) is 23.8. The summed E-state index contributed by atoms with van der Waals surface area (Å²) in [7, 11) is 3.82. The van der Waals surface area contributed by atoms with Crippen LogP contribution in [0.25, 0.3) is 0 Å². The number of aromatic nitrogens is 1. The fourth-order valence-corrected chi connectivity index (χ4v) is 2.88. The van der Waals surface area contributed by atoms with E-state index in [0.717, 1.165) is 4.47 Å². The van der Waals surface area contributed by atoms with Gasteiger partial charge in [0.15, 0.2) is 0 Å². The van der Waals surface area contributed by atoms with Crippen molar-refractivity contribution in [3.63, 3.8) is 0 Å². The number of benzene rings is 1. The molecule has 1 aromatic carbocycles. The number of carbonyl (C=O) groups is 2. The third kappa shape index (κ3) is 8.12. The van der Waals surface area contributed by atoms with Crippen LogP contribution in [0, 0.1) is 0 Å². The number of amides is 1. The first-order valence-electron chi connectivity index (χ1n) is 9.59. The monoisotopic (exact) mass is 477 g/mol. The molecular weight excluding hydrogens is 450 g/mol. The number of carbonyl (C=O) groups excluding carboxylic acids is 2. The molecule has 0 N–H and O–H groups in total. The lowest BCUT2D eigenvalue weighted by Gasteiger charge is -2.26. The minimum Gasteiger partial charge on any atom is -0.459 e. The molecule has 162 valence electrons. The minimum absolute atomic E-state index is 0.125. The summed E-state index contributed by atoms with van der Waals surface area (Å²) in [5.41, 5.74) is -0.237. The van der Waals surface area contributed by atoms with Crippen molar-refractivity contribution in [1.82, 2.24) is 14.8 Å². The van der Waals surface area contributed by atoms with E-state index in [2.05, 4.69) is 20.9 Å². The van der Waals surface area contributed by atoms with Crippen LogP contribution in [0.1, 0.15) is 31.1 Å². The summed E-state index contributed by atoms with van der Waals surface area (Å²) in [6.07, 6.45) is 1.45. The van der Waals surface area contributed by atoms with Gasteiger partial charge in [-0.2, -0.15) is 0 Å². The van der Waals surface area contributed by atoms with Crippen LogP contribution < -0.4 is 4.74 Å². The van der Waals surface area contributed by atoms with Crippen LogP contribution in [-0.4, -0.2) is 66.0 Å². The van der Waals surface area contributed by atoms with Crippen molar-refractivity contribution in [2.45, 2.75) is 26.4 Å². The molecule has 0 bridgehead atoms. The van der Waals surface area contributed by atoms with Gasteiger partial charge in [-0.3, -0.25) is 9.59 Å². The van der Waals surface area contributed by atoms with Gasteiger partial charge in [0.05, 0.1) is 5.56 Å². The molecule has 1 aromatic heterocycles. The number of esters is 1. The highest BCUT2D eigenvalue weighted by Crippen LogP contribution is 2.23. The van der Waals surface area contributed by atoms with Gasteiger partial charge in [0.25, 0.3) is 5.91 Å². The molecule has 0 aliphatic rings. The summed E-state index contributed by atoms with van der Waals surface area (Å²) < 4.78 is 12.0. The van der Waals surface area contributed by atoms with Gasteiger partial charge in [-0.15, -0.1) is 0 Å². The quantitative estimate of drug-likeness (QED) is 0.535. The highest BCUT2D eigenvalue weighted by molar-refractivity contribution is 9.10. The van der Waals surface area contributed by atoms with Crippen molar-refractivity contribution >= 4 is 27.8 Å². The van der Waals surface area contributed by atoms with E-state index >= 15 is 0 Å². The van der Waals surface area contributed by atoms with E-state index < -0.39 is 11.6 Å². The predicted octanol–water partition coefficient (Wildman–Crippen LogP) is 3.98. The molecule has 8 heteroatoms. The molecule has 1 amide bonds. The second-order valence-corrected chi connectivity index (χ2v) is 8.98. The molecule has 0 atom stereocenters. The van der Waals surface area contributed by atoms with E-state index in [4.69, 9.17) is 9.47 Å². The number of hydrogen-bond acceptors (Lipinski definition) is 6. The molecule has 0 radical (unpaired) electrons. The zero-order valence-corrected chi connectivity index (χ0v) is 19.6. The van der Waals surface area contributed by atoms with E-state index in [0.29, 0.717) is 30.3 Å². The zero-order valence-electron chi connectivity index (χ0n) is 18.0. The van der Waals surface area contributed by atoms with Crippen LogP contribution in [0.15, 0.2) is 47.1 Å². The largest absolute Gasteiger partial charge is 0.459 e. The fraction of sp³-hybridized carbons (Fsp3) is 0.409. The van der Waals surface area contributed by atoms with E-state index in [1.807, 2.05) is 43.3 Å².